The van der Waals surface area contributed by atoms with E-state index in [4.69, 9.17) is 9.90 Å². The fourth-order valence-corrected chi connectivity index (χ4v) is 3.77. The van der Waals surface area contributed by atoms with E-state index in [0.717, 1.165) is 30.6 Å². The van der Waals surface area contributed by atoms with Crippen molar-refractivity contribution in [3.8, 4) is 11.1 Å². The van der Waals surface area contributed by atoms with Crippen LogP contribution in [-0.2, 0) is 24.2 Å². The van der Waals surface area contributed by atoms with E-state index in [1.54, 1.807) is 12.1 Å². The maximum absolute atomic E-state index is 13.6. The van der Waals surface area contributed by atoms with Gasteiger partial charge in [0.2, 0.25) is 0 Å². The molecule has 8 heteroatoms. The summed E-state index contributed by atoms with van der Waals surface area (Å²) in [6.45, 7) is 2.96. The Labute approximate surface area is 206 Å². The number of benzene rings is 3. The molecule has 0 aliphatic carbocycles. The van der Waals surface area contributed by atoms with E-state index < -0.39 is 12.1 Å². The predicted molar refractivity (Wildman–Crippen MR) is 130 cm³/mol. The number of carboxylic acid groups (broad SMARTS) is 1. The second-order valence-corrected chi connectivity index (χ2v) is 8.19. The molecule has 1 aromatic heterocycles. The number of carbonyl (C=O) groups is 1. The number of aromatic nitrogens is 2. The minimum atomic E-state index is -5.08. The number of hydrogen-bond donors (Lipinski definition) is 1. The predicted octanol–water partition coefficient (Wildman–Crippen LogP) is 6.91. The summed E-state index contributed by atoms with van der Waals surface area (Å²) in [5.41, 5.74) is 6.93. The molecule has 0 saturated carbocycles. The highest BCUT2D eigenvalue weighted by molar-refractivity contribution is 5.73. The first-order chi connectivity index (χ1) is 17.2. The van der Waals surface area contributed by atoms with Gasteiger partial charge in [0.05, 0.1) is 12.0 Å². The average molecular weight is 499 g/mol. The van der Waals surface area contributed by atoms with Gasteiger partial charge in [-0.1, -0.05) is 74.0 Å². The summed E-state index contributed by atoms with van der Waals surface area (Å²) in [5, 5.41) is 7.12. The third-order valence-electron chi connectivity index (χ3n) is 5.41. The molecule has 0 radical (unpaired) electrons. The molecular weight excluding hydrogens is 472 g/mol. The second kappa shape index (κ2) is 12.2. The molecule has 4 nitrogen and oxygen atoms in total. The van der Waals surface area contributed by atoms with Gasteiger partial charge in [-0.25, -0.2) is 14.2 Å². The van der Waals surface area contributed by atoms with Crippen molar-refractivity contribution in [2.75, 3.05) is 0 Å². The molecule has 36 heavy (non-hydrogen) atoms. The Morgan fingerprint density at radius 2 is 1.56 bits per heavy atom. The van der Waals surface area contributed by atoms with Crippen LogP contribution in [0.4, 0.5) is 17.6 Å². The minimum Gasteiger partial charge on any atom is -0.475 e. The zero-order chi connectivity index (χ0) is 26.1. The number of carboxylic acids is 1. The first kappa shape index (κ1) is 26.7. The third kappa shape index (κ3) is 7.53. The number of imidazole rings is 1. The van der Waals surface area contributed by atoms with Gasteiger partial charge in [0.25, 0.3) is 0 Å². The van der Waals surface area contributed by atoms with Gasteiger partial charge in [0.1, 0.15) is 5.82 Å². The van der Waals surface area contributed by atoms with Crippen molar-refractivity contribution < 1.29 is 27.5 Å². The van der Waals surface area contributed by atoms with Crippen molar-refractivity contribution in [2.24, 2.45) is 0 Å². The molecule has 0 fully saturated rings. The van der Waals surface area contributed by atoms with Crippen LogP contribution in [0.15, 0.2) is 85.2 Å². The molecule has 0 aliphatic rings. The van der Waals surface area contributed by atoms with Gasteiger partial charge in [0.15, 0.2) is 0 Å². The third-order valence-corrected chi connectivity index (χ3v) is 5.41. The van der Waals surface area contributed by atoms with Crippen LogP contribution in [-0.4, -0.2) is 26.8 Å². The van der Waals surface area contributed by atoms with Crippen LogP contribution in [0.2, 0.25) is 0 Å². The lowest BCUT2D eigenvalue weighted by Crippen LogP contribution is -2.21. The molecule has 1 heterocycles. The number of rotatable bonds is 7. The lowest BCUT2D eigenvalue weighted by Gasteiger charge is -2.11. The average Bonchev–Trinajstić information content (AvgIpc) is 3.20. The SMILES string of the molecule is CCCc1c(Cc2cccc(F)c2)ncn1Cc1cccc(-c2ccccc2)c1.O=C(O)C(F)(F)F. The fourth-order valence-electron chi connectivity index (χ4n) is 3.77. The van der Waals surface area contributed by atoms with Gasteiger partial charge >= 0.3 is 12.1 Å². The molecule has 4 rings (SSSR count). The Morgan fingerprint density at radius 3 is 2.19 bits per heavy atom. The van der Waals surface area contributed by atoms with Gasteiger partial charge in [-0.2, -0.15) is 13.2 Å². The van der Waals surface area contributed by atoms with Gasteiger partial charge in [-0.15, -0.1) is 0 Å². The van der Waals surface area contributed by atoms with E-state index in [-0.39, 0.29) is 5.82 Å². The minimum absolute atomic E-state index is 0.197. The van der Waals surface area contributed by atoms with Crippen molar-refractivity contribution in [2.45, 2.75) is 38.9 Å². The first-order valence-electron chi connectivity index (χ1n) is 11.4. The van der Waals surface area contributed by atoms with E-state index >= 15 is 0 Å². The zero-order valence-electron chi connectivity index (χ0n) is 19.7. The molecule has 0 aliphatic heterocycles. The van der Waals surface area contributed by atoms with Crippen molar-refractivity contribution >= 4 is 5.97 Å². The normalized spacial score (nSPS) is 11.0. The van der Waals surface area contributed by atoms with Crippen LogP contribution >= 0.6 is 0 Å². The first-order valence-corrected chi connectivity index (χ1v) is 11.4. The highest BCUT2D eigenvalue weighted by atomic mass is 19.4. The van der Waals surface area contributed by atoms with Gasteiger partial charge in [-0.05, 0) is 46.9 Å². The van der Waals surface area contributed by atoms with Gasteiger partial charge in [-0.3, -0.25) is 0 Å². The summed E-state index contributed by atoms with van der Waals surface area (Å²) in [5.74, 6) is -2.95. The molecule has 0 bridgehead atoms. The highest BCUT2D eigenvalue weighted by Gasteiger charge is 2.38. The Balaban J connectivity index is 0.000000454. The van der Waals surface area contributed by atoms with Crippen LogP contribution in [0.25, 0.3) is 11.1 Å². The van der Waals surface area contributed by atoms with E-state index in [1.807, 2.05) is 18.5 Å². The summed E-state index contributed by atoms with van der Waals surface area (Å²) in [4.78, 5) is 13.6. The van der Waals surface area contributed by atoms with Crippen molar-refractivity contribution in [1.82, 2.24) is 9.55 Å². The largest absolute Gasteiger partial charge is 0.490 e. The second-order valence-electron chi connectivity index (χ2n) is 8.19. The fraction of sp³-hybridized carbons (Fsp3) is 0.214. The number of hydrogen-bond acceptors (Lipinski definition) is 2. The lowest BCUT2D eigenvalue weighted by molar-refractivity contribution is -0.192. The van der Waals surface area contributed by atoms with Crippen molar-refractivity contribution in [1.29, 1.82) is 0 Å². The molecule has 3 aromatic carbocycles. The van der Waals surface area contributed by atoms with E-state index in [0.29, 0.717) is 6.42 Å². The van der Waals surface area contributed by atoms with E-state index in [9.17, 15) is 17.6 Å². The summed E-state index contributed by atoms with van der Waals surface area (Å²) >= 11 is 0. The maximum Gasteiger partial charge on any atom is 0.490 e. The Bertz CT molecular complexity index is 1280. The quantitative estimate of drug-likeness (QED) is 0.282. The Kier molecular flexibility index (Phi) is 9.00. The van der Waals surface area contributed by atoms with Crippen LogP contribution < -0.4 is 0 Å². The summed E-state index contributed by atoms with van der Waals surface area (Å²) in [6, 6.07) is 25.9. The van der Waals surface area contributed by atoms with Crippen molar-refractivity contribution in [3.63, 3.8) is 0 Å². The van der Waals surface area contributed by atoms with Gasteiger partial charge in [0, 0.05) is 18.7 Å². The number of halogens is 4. The van der Waals surface area contributed by atoms with Crippen LogP contribution in [0.5, 0.6) is 0 Å². The monoisotopic (exact) mass is 498 g/mol. The lowest BCUT2D eigenvalue weighted by atomic mass is 10.0. The number of nitrogens with zero attached hydrogens (tertiary/aromatic N) is 2. The number of aliphatic carboxylic acids is 1. The highest BCUT2D eigenvalue weighted by Crippen LogP contribution is 2.22. The molecule has 0 atom stereocenters. The van der Waals surface area contributed by atoms with Crippen LogP contribution in [0.3, 0.4) is 0 Å². The summed E-state index contributed by atoms with van der Waals surface area (Å²) in [6.07, 6.45) is -0.492. The molecule has 0 amide bonds. The molecule has 0 saturated heterocycles. The topological polar surface area (TPSA) is 55.1 Å². The molecular formula is C28H26F4N2O2. The Hall–Kier alpha value is -3.94. The maximum atomic E-state index is 13.6. The summed E-state index contributed by atoms with van der Waals surface area (Å²) in [7, 11) is 0. The smallest absolute Gasteiger partial charge is 0.475 e. The molecule has 1 N–H and O–H groups in total. The standard InChI is InChI=1S/C26H25FN2.C2HF3O2/c1-2-8-26-25(17-20-9-7-14-24(27)16-20)28-19-29(26)18-21-10-6-13-23(15-21)22-11-4-3-5-12-22;3-2(4,5)1(6)7/h3-7,9-16,19H,2,8,17-18H2,1H3;(H,6,7). The van der Waals surface area contributed by atoms with Crippen LogP contribution in [0.1, 0.15) is 35.9 Å². The van der Waals surface area contributed by atoms with Gasteiger partial charge < -0.3 is 9.67 Å². The van der Waals surface area contributed by atoms with E-state index in [1.165, 1.54) is 28.5 Å². The molecule has 0 spiro atoms. The Morgan fingerprint density at radius 1 is 0.917 bits per heavy atom. The van der Waals surface area contributed by atoms with E-state index in [2.05, 4.69) is 65.0 Å². The molecule has 0 unspecified atom stereocenters. The summed E-state index contributed by atoms with van der Waals surface area (Å²) < 4.78 is 47.5. The zero-order valence-corrected chi connectivity index (χ0v) is 19.7. The molecule has 4 aromatic rings. The van der Waals surface area contributed by atoms with Crippen LogP contribution in [0, 0.1) is 5.82 Å². The van der Waals surface area contributed by atoms with Crippen molar-refractivity contribution in [3.05, 3.63) is 114 Å². The molecule has 188 valence electrons. The number of alkyl halides is 3.